The smallest absolute Gasteiger partial charge is 0.416 e. The van der Waals surface area contributed by atoms with Crippen LogP contribution in [-0.2, 0) is 17.5 Å². The molecule has 3 amide bonds. The van der Waals surface area contributed by atoms with Gasteiger partial charge in [0.2, 0.25) is 0 Å². The summed E-state index contributed by atoms with van der Waals surface area (Å²) in [6.07, 6.45) is -5.00. The molecule has 1 fully saturated rings. The third kappa shape index (κ3) is 5.73. The van der Waals surface area contributed by atoms with Crippen LogP contribution in [0.15, 0.2) is 71.9 Å². The molecular formula is C27H21BrF5N5O3. The van der Waals surface area contributed by atoms with Crippen LogP contribution in [0.25, 0.3) is 0 Å². The number of amides is 3. The van der Waals surface area contributed by atoms with Crippen molar-refractivity contribution in [3.63, 3.8) is 0 Å². The van der Waals surface area contributed by atoms with Gasteiger partial charge in [0.1, 0.15) is 17.2 Å². The van der Waals surface area contributed by atoms with E-state index in [9.17, 15) is 27.2 Å². The Morgan fingerprint density at radius 2 is 1.71 bits per heavy atom. The molecule has 41 heavy (non-hydrogen) atoms. The van der Waals surface area contributed by atoms with E-state index < -0.39 is 64.5 Å². The Bertz CT molecular complexity index is 1560. The zero-order valence-corrected chi connectivity index (χ0v) is 22.7. The van der Waals surface area contributed by atoms with E-state index in [-0.39, 0.29) is 16.8 Å². The number of nitrogens with zero attached hydrogens (tertiary/aromatic N) is 2. The minimum Gasteiger partial charge on any atom is -0.494 e. The monoisotopic (exact) mass is 637 g/mol. The Morgan fingerprint density at radius 3 is 2.32 bits per heavy atom. The number of benzene rings is 3. The highest BCUT2D eigenvalue weighted by molar-refractivity contribution is 9.09. The van der Waals surface area contributed by atoms with Crippen LogP contribution in [0.3, 0.4) is 0 Å². The molecule has 0 radical (unpaired) electrons. The van der Waals surface area contributed by atoms with E-state index in [1.165, 1.54) is 12.1 Å². The van der Waals surface area contributed by atoms with Crippen molar-refractivity contribution in [2.45, 2.75) is 12.7 Å². The molecule has 1 aliphatic heterocycles. The van der Waals surface area contributed by atoms with Crippen LogP contribution in [0.2, 0.25) is 0 Å². The largest absolute Gasteiger partial charge is 0.494 e. The van der Waals surface area contributed by atoms with Crippen LogP contribution < -0.4 is 20.7 Å². The number of halogens is 6. The van der Waals surface area contributed by atoms with E-state index in [0.29, 0.717) is 27.2 Å². The number of carbonyl (C=O) groups excluding carboxylic acids is 2. The van der Waals surface area contributed by atoms with Crippen LogP contribution >= 0.6 is 15.9 Å². The highest BCUT2D eigenvalue weighted by Gasteiger charge is 2.45. The number of nitrogens with one attached hydrogen (secondary N) is 2. The van der Waals surface area contributed by atoms with Gasteiger partial charge in [-0.2, -0.15) is 13.2 Å². The van der Waals surface area contributed by atoms with E-state index in [0.717, 1.165) is 25.3 Å². The molecule has 0 spiro atoms. The van der Waals surface area contributed by atoms with E-state index in [1.54, 1.807) is 24.3 Å². The van der Waals surface area contributed by atoms with Crippen LogP contribution in [0, 0.1) is 17.0 Å². The van der Waals surface area contributed by atoms with Gasteiger partial charge in [-0.3, -0.25) is 15.1 Å². The topological polar surface area (TPSA) is 112 Å². The van der Waals surface area contributed by atoms with Crippen molar-refractivity contribution in [3.8, 4) is 5.75 Å². The fourth-order valence-electron chi connectivity index (χ4n) is 4.16. The molecule has 3 aromatic rings. The predicted molar refractivity (Wildman–Crippen MR) is 146 cm³/mol. The second-order valence-electron chi connectivity index (χ2n) is 8.65. The number of hydrogen-bond donors (Lipinski definition) is 3. The predicted octanol–water partition coefficient (Wildman–Crippen LogP) is 6.28. The number of amidine groups is 1. The molecule has 0 unspecified atom stereocenters. The average Bonchev–Trinajstić information content (AvgIpc) is 2.92. The first-order chi connectivity index (χ1) is 19.4. The Kier molecular flexibility index (Phi) is 8.33. The van der Waals surface area contributed by atoms with Gasteiger partial charge in [0.05, 0.1) is 24.9 Å². The van der Waals surface area contributed by atoms with Gasteiger partial charge in [-0.15, -0.1) is 0 Å². The molecule has 1 saturated heterocycles. The number of allylic oxidation sites excluding steroid dienone is 1. The number of alkyl halides is 4. The molecule has 214 valence electrons. The molecule has 4 N–H and O–H groups in total. The van der Waals surface area contributed by atoms with E-state index in [4.69, 9.17) is 15.9 Å². The Labute approximate surface area is 238 Å². The molecule has 8 nitrogen and oxygen atoms in total. The lowest BCUT2D eigenvalue weighted by Gasteiger charge is -2.37. The third-order valence-corrected chi connectivity index (χ3v) is 6.69. The van der Waals surface area contributed by atoms with Crippen molar-refractivity contribution in [1.29, 1.82) is 5.41 Å². The average molecular weight is 638 g/mol. The Hall–Kier alpha value is -4.46. The van der Waals surface area contributed by atoms with Gasteiger partial charge < -0.3 is 15.8 Å². The van der Waals surface area contributed by atoms with E-state index in [2.05, 4.69) is 21.2 Å². The summed E-state index contributed by atoms with van der Waals surface area (Å²) in [6, 6.07) is 10.7. The number of hydrogen-bond acceptors (Lipinski definition) is 6. The van der Waals surface area contributed by atoms with E-state index in [1.807, 2.05) is 0 Å². The van der Waals surface area contributed by atoms with Crippen LogP contribution in [0.4, 0.5) is 43.8 Å². The van der Waals surface area contributed by atoms with Gasteiger partial charge in [0.25, 0.3) is 5.91 Å². The summed E-state index contributed by atoms with van der Waals surface area (Å²) < 4.78 is 76.3. The zero-order valence-electron chi connectivity index (χ0n) is 21.2. The number of nitrogen functional groups attached to an aromatic ring is 1. The second-order valence-corrected chi connectivity index (χ2v) is 9.21. The number of carbonyl (C=O) groups is 2. The van der Waals surface area contributed by atoms with Gasteiger partial charge in [-0.05, 0) is 48.5 Å². The molecule has 1 heterocycles. The maximum absolute atomic E-state index is 15.3. The van der Waals surface area contributed by atoms with Crippen molar-refractivity contribution in [2.24, 2.45) is 0 Å². The molecular weight excluding hydrogens is 617 g/mol. The van der Waals surface area contributed by atoms with Gasteiger partial charge in [-0.25, -0.2) is 18.5 Å². The van der Waals surface area contributed by atoms with Gasteiger partial charge in [0, 0.05) is 28.0 Å². The van der Waals surface area contributed by atoms with Crippen molar-refractivity contribution < 1.29 is 36.3 Å². The molecule has 0 aromatic heterocycles. The lowest BCUT2D eigenvalue weighted by molar-refractivity contribution is -0.138. The zero-order chi connectivity index (χ0) is 30.1. The van der Waals surface area contributed by atoms with Gasteiger partial charge in [-0.1, -0.05) is 28.1 Å². The summed E-state index contributed by atoms with van der Waals surface area (Å²) in [4.78, 5) is 28.2. The SMILES string of the molecule is COc1cccc(N2C(=O)/C(=C(\CBr)Nc3ccc(N)cc3)C(=N)N(Cc3c(F)cccc3C(F)(F)F)C2=O)c1F. The van der Waals surface area contributed by atoms with Gasteiger partial charge >= 0.3 is 12.2 Å². The van der Waals surface area contributed by atoms with Crippen molar-refractivity contribution in [2.75, 3.05) is 28.4 Å². The first-order valence-electron chi connectivity index (χ1n) is 11.7. The minimum absolute atomic E-state index is 0.0140. The van der Waals surface area contributed by atoms with Crippen molar-refractivity contribution in [3.05, 3.63) is 94.7 Å². The highest BCUT2D eigenvalue weighted by Crippen LogP contribution is 2.37. The number of imide groups is 1. The summed E-state index contributed by atoms with van der Waals surface area (Å²) in [5, 5.41) is 11.5. The molecule has 3 aromatic carbocycles. The first-order valence-corrected chi connectivity index (χ1v) is 12.8. The minimum atomic E-state index is -5.00. The maximum atomic E-state index is 15.3. The lowest BCUT2D eigenvalue weighted by atomic mass is 10.0. The number of methoxy groups -OCH3 is 1. The van der Waals surface area contributed by atoms with Crippen LogP contribution in [0.5, 0.6) is 5.75 Å². The summed E-state index contributed by atoms with van der Waals surface area (Å²) in [5.74, 6) is -4.70. The summed E-state index contributed by atoms with van der Waals surface area (Å²) >= 11 is 3.22. The number of anilines is 3. The summed E-state index contributed by atoms with van der Waals surface area (Å²) in [7, 11) is 1.16. The quantitative estimate of drug-likeness (QED) is 0.122. The molecule has 0 aliphatic carbocycles. The molecule has 4 rings (SSSR count). The molecule has 0 bridgehead atoms. The van der Waals surface area contributed by atoms with Crippen molar-refractivity contribution in [1.82, 2.24) is 4.90 Å². The molecule has 0 atom stereocenters. The Balaban J connectivity index is 1.92. The van der Waals surface area contributed by atoms with Crippen molar-refractivity contribution >= 4 is 50.8 Å². The first kappa shape index (κ1) is 29.5. The maximum Gasteiger partial charge on any atom is 0.416 e. The number of rotatable bonds is 7. The molecule has 1 aliphatic rings. The fraction of sp³-hybridized carbons (Fsp3) is 0.148. The summed E-state index contributed by atoms with van der Waals surface area (Å²) in [6.45, 7) is -1.09. The third-order valence-electron chi connectivity index (χ3n) is 6.13. The highest BCUT2D eigenvalue weighted by atomic mass is 79.9. The number of ether oxygens (including phenoxy) is 1. The molecule has 14 heteroatoms. The van der Waals surface area contributed by atoms with Crippen LogP contribution in [-0.4, -0.2) is 35.1 Å². The number of urea groups is 1. The second kappa shape index (κ2) is 11.6. The van der Waals surface area contributed by atoms with Gasteiger partial charge in [0.15, 0.2) is 11.6 Å². The standard InChI is InChI=1S/C27H21BrF5N5O3/c1-41-21-7-3-6-20(23(21)30)38-25(39)22(19(12-28)36-15-10-8-14(34)9-11-15)24(35)37(26(38)40)13-16-17(27(31,32)33)4-2-5-18(16)29/h2-11,35-36H,12-13,34H2,1H3/b22-19+,35-24?. The van der Waals surface area contributed by atoms with Crippen LogP contribution in [0.1, 0.15) is 11.1 Å². The Morgan fingerprint density at radius 1 is 1.05 bits per heavy atom. The van der Waals surface area contributed by atoms with E-state index >= 15 is 4.39 Å². The molecule has 0 saturated carbocycles. The summed E-state index contributed by atoms with van der Waals surface area (Å²) in [5.41, 5.74) is 3.20. The lowest BCUT2D eigenvalue weighted by Crippen LogP contribution is -2.57. The number of nitrogens with two attached hydrogens (primary N) is 1. The fourth-order valence-corrected chi connectivity index (χ4v) is 4.58. The normalized spacial score (nSPS) is 15.3.